The van der Waals surface area contributed by atoms with Crippen molar-refractivity contribution >= 4 is 16.8 Å². The van der Waals surface area contributed by atoms with Crippen molar-refractivity contribution in [2.75, 3.05) is 19.0 Å². The van der Waals surface area contributed by atoms with Crippen LogP contribution in [0.5, 0.6) is 0 Å². The summed E-state index contributed by atoms with van der Waals surface area (Å²) in [5.74, 6) is -1.30. The number of tetrazole rings is 1. The molecule has 174 valence electrons. The number of methoxy groups -OCH3 is 1. The number of ether oxygens (including phenoxy) is 1. The lowest BCUT2D eigenvalue weighted by Crippen LogP contribution is -2.33. The van der Waals surface area contributed by atoms with Gasteiger partial charge in [0.25, 0.3) is 0 Å². The van der Waals surface area contributed by atoms with Gasteiger partial charge in [-0.2, -0.15) is 13.2 Å². The zero-order chi connectivity index (χ0) is 22.9. The standard InChI is InChI=1S/C20H25F3N6O3/c1-28-15-11-14(7-8-16(15)32-19(28)30)24-17(18-25-26-27-29(18)9-10-31-2)12-3-5-13(6-4-12)20(21,22)23/h7-8,11-13,17,24H,3-6,9-10H2,1-2H3. The molecule has 1 saturated carbocycles. The fourth-order valence-electron chi connectivity index (χ4n) is 4.34. The Bertz CT molecular complexity index is 1110. The van der Waals surface area contributed by atoms with Gasteiger partial charge in [-0.1, -0.05) is 0 Å². The summed E-state index contributed by atoms with van der Waals surface area (Å²) < 4.78 is 52.8. The molecule has 1 atom stereocenters. The van der Waals surface area contributed by atoms with Crippen LogP contribution >= 0.6 is 0 Å². The summed E-state index contributed by atoms with van der Waals surface area (Å²) >= 11 is 0. The van der Waals surface area contributed by atoms with E-state index in [1.54, 1.807) is 37.0 Å². The van der Waals surface area contributed by atoms with Crippen LogP contribution in [0.4, 0.5) is 18.9 Å². The van der Waals surface area contributed by atoms with Crippen LogP contribution in [-0.4, -0.2) is 44.7 Å². The van der Waals surface area contributed by atoms with Gasteiger partial charge in [0.05, 0.1) is 30.6 Å². The molecular weight excluding hydrogens is 429 g/mol. The first kappa shape index (κ1) is 22.3. The van der Waals surface area contributed by atoms with Crippen LogP contribution in [-0.2, 0) is 18.3 Å². The first-order chi connectivity index (χ1) is 15.3. The Kier molecular flexibility index (Phi) is 6.22. The molecule has 0 amide bonds. The van der Waals surface area contributed by atoms with Crippen molar-refractivity contribution in [1.82, 2.24) is 24.8 Å². The van der Waals surface area contributed by atoms with Gasteiger partial charge in [0.2, 0.25) is 0 Å². The number of anilines is 1. The largest absolute Gasteiger partial charge is 0.419 e. The number of hydrogen-bond acceptors (Lipinski definition) is 7. The zero-order valence-corrected chi connectivity index (χ0v) is 17.8. The highest BCUT2D eigenvalue weighted by molar-refractivity contribution is 5.77. The first-order valence-corrected chi connectivity index (χ1v) is 10.5. The summed E-state index contributed by atoms with van der Waals surface area (Å²) in [5.41, 5.74) is 1.76. The molecule has 32 heavy (non-hydrogen) atoms. The van der Waals surface area contributed by atoms with Crippen LogP contribution < -0.4 is 11.1 Å². The number of nitrogens with one attached hydrogen (secondary N) is 1. The van der Waals surface area contributed by atoms with Crippen LogP contribution in [0.15, 0.2) is 27.4 Å². The molecule has 2 aromatic heterocycles. The third-order valence-electron chi connectivity index (χ3n) is 6.16. The Labute approximate surface area is 181 Å². The van der Waals surface area contributed by atoms with Crippen LogP contribution in [0.3, 0.4) is 0 Å². The summed E-state index contributed by atoms with van der Waals surface area (Å²) in [6, 6.07) is 4.82. The highest BCUT2D eigenvalue weighted by Gasteiger charge is 2.43. The Morgan fingerprint density at radius 2 is 2.03 bits per heavy atom. The van der Waals surface area contributed by atoms with Crippen molar-refractivity contribution in [1.29, 1.82) is 0 Å². The third-order valence-corrected chi connectivity index (χ3v) is 6.16. The summed E-state index contributed by atoms with van der Waals surface area (Å²) in [6.45, 7) is 0.818. The summed E-state index contributed by atoms with van der Waals surface area (Å²) in [6.07, 6.45) is -3.25. The monoisotopic (exact) mass is 454 g/mol. The molecule has 12 heteroatoms. The second-order valence-corrected chi connectivity index (χ2v) is 8.14. The van der Waals surface area contributed by atoms with E-state index in [4.69, 9.17) is 9.15 Å². The van der Waals surface area contributed by atoms with Gasteiger partial charge in [0.1, 0.15) is 0 Å². The van der Waals surface area contributed by atoms with E-state index in [0.29, 0.717) is 48.6 Å². The number of oxazole rings is 1. The topological polar surface area (TPSA) is 100 Å². The number of nitrogens with zero attached hydrogens (tertiary/aromatic N) is 5. The van der Waals surface area contributed by atoms with Gasteiger partial charge in [0, 0.05) is 19.8 Å². The SMILES string of the molecule is COCCn1nnnc1C(Nc1ccc2oc(=O)n(C)c2c1)C1CCC(C(F)(F)F)CC1. The molecule has 1 N–H and O–H groups in total. The molecule has 3 aromatic rings. The molecule has 1 fully saturated rings. The fraction of sp³-hybridized carbons (Fsp3) is 0.600. The van der Waals surface area contributed by atoms with Gasteiger partial charge in [-0.05, 0) is 60.2 Å². The van der Waals surface area contributed by atoms with Gasteiger partial charge in [0.15, 0.2) is 11.4 Å². The van der Waals surface area contributed by atoms with Crippen LogP contribution in [0, 0.1) is 11.8 Å². The average molecular weight is 454 g/mol. The highest BCUT2D eigenvalue weighted by Crippen LogP contribution is 2.43. The number of alkyl halides is 3. The quantitative estimate of drug-likeness (QED) is 0.585. The molecule has 0 spiro atoms. The molecule has 0 saturated heterocycles. The lowest BCUT2D eigenvalue weighted by atomic mass is 9.78. The number of hydrogen-bond donors (Lipinski definition) is 1. The lowest BCUT2D eigenvalue weighted by Gasteiger charge is -2.34. The molecule has 4 rings (SSSR count). The minimum atomic E-state index is -4.18. The van der Waals surface area contributed by atoms with Gasteiger partial charge in [-0.3, -0.25) is 4.57 Å². The van der Waals surface area contributed by atoms with E-state index in [9.17, 15) is 18.0 Å². The molecule has 1 aliphatic carbocycles. The van der Waals surface area contributed by atoms with Crippen molar-refractivity contribution in [3.05, 3.63) is 34.6 Å². The highest BCUT2D eigenvalue weighted by atomic mass is 19.4. The van der Waals surface area contributed by atoms with Crippen LogP contribution in [0.1, 0.15) is 37.5 Å². The molecular formula is C20H25F3N6O3. The van der Waals surface area contributed by atoms with E-state index in [1.807, 2.05) is 0 Å². The Hall–Kier alpha value is -2.89. The maximum Gasteiger partial charge on any atom is 0.419 e. The second-order valence-electron chi connectivity index (χ2n) is 8.14. The zero-order valence-electron chi connectivity index (χ0n) is 17.8. The molecule has 1 aromatic carbocycles. The average Bonchev–Trinajstić information content (AvgIpc) is 3.34. The molecule has 9 nitrogen and oxygen atoms in total. The van der Waals surface area contributed by atoms with E-state index in [2.05, 4.69) is 20.8 Å². The van der Waals surface area contributed by atoms with Crippen molar-refractivity contribution in [2.24, 2.45) is 18.9 Å². The number of fused-ring (bicyclic) bond motifs is 1. The minimum Gasteiger partial charge on any atom is -0.408 e. The predicted molar refractivity (Wildman–Crippen MR) is 109 cm³/mol. The molecule has 0 radical (unpaired) electrons. The Balaban J connectivity index is 1.63. The summed E-state index contributed by atoms with van der Waals surface area (Å²) in [5, 5.41) is 15.4. The third kappa shape index (κ3) is 4.50. The molecule has 0 bridgehead atoms. The van der Waals surface area contributed by atoms with Crippen molar-refractivity contribution in [2.45, 2.75) is 44.4 Å². The maximum absolute atomic E-state index is 13.2. The van der Waals surface area contributed by atoms with E-state index >= 15 is 0 Å². The molecule has 1 aliphatic rings. The van der Waals surface area contributed by atoms with Crippen molar-refractivity contribution in [3.8, 4) is 0 Å². The van der Waals surface area contributed by atoms with Crippen molar-refractivity contribution in [3.63, 3.8) is 0 Å². The number of aromatic nitrogens is 5. The normalized spacial score (nSPS) is 20.5. The fourth-order valence-corrected chi connectivity index (χ4v) is 4.34. The summed E-state index contributed by atoms with van der Waals surface area (Å²) in [7, 11) is 3.18. The molecule has 1 unspecified atom stereocenters. The number of halogens is 3. The maximum atomic E-state index is 13.2. The van der Waals surface area contributed by atoms with Gasteiger partial charge < -0.3 is 14.5 Å². The number of rotatable bonds is 7. The lowest BCUT2D eigenvalue weighted by molar-refractivity contribution is -0.184. The molecule has 2 heterocycles. The van der Waals surface area contributed by atoms with Gasteiger partial charge in [-0.25, -0.2) is 9.48 Å². The van der Waals surface area contributed by atoms with E-state index < -0.39 is 23.9 Å². The predicted octanol–water partition coefficient (Wildman–Crippen LogP) is 3.29. The van der Waals surface area contributed by atoms with Crippen LogP contribution in [0.2, 0.25) is 0 Å². The Morgan fingerprint density at radius 3 is 2.72 bits per heavy atom. The van der Waals surface area contributed by atoms with Gasteiger partial charge >= 0.3 is 11.9 Å². The number of aryl methyl sites for hydroxylation is 1. The van der Waals surface area contributed by atoms with E-state index in [1.165, 1.54) is 4.57 Å². The molecule has 0 aliphatic heterocycles. The van der Waals surface area contributed by atoms with E-state index in [-0.39, 0.29) is 18.8 Å². The summed E-state index contributed by atoms with van der Waals surface area (Å²) in [4.78, 5) is 11.8. The van der Waals surface area contributed by atoms with Gasteiger partial charge in [-0.15, -0.1) is 5.10 Å². The number of benzene rings is 1. The Morgan fingerprint density at radius 1 is 1.28 bits per heavy atom. The smallest absolute Gasteiger partial charge is 0.408 e. The minimum absolute atomic E-state index is 0.0707. The second kappa shape index (κ2) is 8.93. The van der Waals surface area contributed by atoms with Crippen molar-refractivity contribution < 1.29 is 22.3 Å². The van der Waals surface area contributed by atoms with Crippen LogP contribution in [0.25, 0.3) is 11.1 Å². The first-order valence-electron chi connectivity index (χ1n) is 10.5. The van der Waals surface area contributed by atoms with E-state index in [0.717, 1.165) is 0 Å².